The van der Waals surface area contributed by atoms with Crippen LogP contribution in [0.3, 0.4) is 0 Å². The molecule has 0 aliphatic carbocycles. The number of aromatic nitrogens is 3. The third kappa shape index (κ3) is 2.61. The van der Waals surface area contributed by atoms with Crippen molar-refractivity contribution in [2.24, 2.45) is 7.05 Å². The molecule has 18 heavy (non-hydrogen) atoms. The summed E-state index contributed by atoms with van der Waals surface area (Å²) in [5, 5.41) is 6.89. The van der Waals surface area contributed by atoms with Crippen LogP contribution < -0.4 is 5.32 Å². The Bertz CT molecular complexity index is 560. The van der Waals surface area contributed by atoms with Gasteiger partial charge in [-0.2, -0.15) is 18.3 Å². The van der Waals surface area contributed by atoms with Crippen LogP contribution in [-0.2, 0) is 13.2 Å². The summed E-state index contributed by atoms with van der Waals surface area (Å²) in [6.45, 7) is 1.76. The first-order valence-electron chi connectivity index (χ1n) is 5.18. The van der Waals surface area contributed by atoms with Crippen LogP contribution in [-0.4, -0.2) is 14.8 Å². The van der Waals surface area contributed by atoms with Gasteiger partial charge in [-0.1, -0.05) is 6.07 Å². The van der Waals surface area contributed by atoms with E-state index in [1.807, 2.05) is 0 Å². The standard InChI is InChI=1S/C11H11F3N4/c1-7-8(6-18(2)17-7)15-10-5-3-4-9(16-10)11(12,13)14/h3-6H,1-2H3,(H,15,16). The van der Waals surface area contributed by atoms with E-state index in [2.05, 4.69) is 15.4 Å². The molecule has 0 aromatic carbocycles. The number of alkyl halides is 3. The fourth-order valence-electron chi connectivity index (χ4n) is 1.52. The Morgan fingerprint density at radius 2 is 2.00 bits per heavy atom. The van der Waals surface area contributed by atoms with E-state index in [-0.39, 0.29) is 5.82 Å². The lowest BCUT2D eigenvalue weighted by Gasteiger charge is -2.08. The fourth-order valence-corrected chi connectivity index (χ4v) is 1.52. The summed E-state index contributed by atoms with van der Waals surface area (Å²) in [5.74, 6) is 0.140. The molecule has 0 saturated carbocycles. The second-order valence-electron chi connectivity index (χ2n) is 3.83. The van der Waals surface area contributed by atoms with Crippen LogP contribution in [0.4, 0.5) is 24.7 Å². The van der Waals surface area contributed by atoms with Gasteiger partial charge in [-0.05, 0) is 19.1 Å². The van der Waals surface area contributed by atoms with E-state index in [0.717, 1.165) is 6.07 Å². The lowest BCUT2D eigenvalue weighted by molar-refractivity contribution is -0.141. The molecule has 0 amide bonds. The maximum absolute atomic E-state index is 12.5. The molecular formula is C11H11F3N4. The van der Waals surface area contributed by atoms with Gasteiger partial charge >= 0.3 is 6.18 Å². The molecule has 2 rings (SSSR count). The predicted molar refractivity (Wildman–Crippen MR) is 60.5 cm³/mol. The molecule has 96 valence electrons. The van der Waals surface area contributed by atoms with Gasteiger partial charge in [-0.25, -0.2) is 4.98 Å². The van der Waals surface area contributed by atoms with E-state index in [4.69, 9.17) is 0 Å². The van der Waals surface area contributed by atoms with Crippen molar-refractivity contribution in [2.75, 3.05) is 5.32 Å². The molecule has 2 aromatic heterocycles. The molecule has 0 aliphatic rings. The monoisotopic (exact) mass is 256 g/mol. The van der Waals surface area contributed by atoms with Crippen molar-refractivity contribution in [1.29, 1.82) is 0 Å². The third-order valence-corrected chi connectivity index (χ3v) is 2.32. The minimum absolute atomic E-state index is 0.140. The lowest BCUT2D eigenvalue weighted by atomic mass is 10.3. The molecule has 0 spiro atoms. The van der Waals surface area contributed by atoms with E-state index in [0.29, 0.717) is 11.4 Å². The van der Waals surface area contributed by atoms with Crippen LogP contribution in [0.5, 0.6) is 0 Å². The van der Waals surface area contributed by atoms with Crippen LogP contribution in [0.2, 0.25) is 0 Å². The Morgan fingerprint density at radius 1 is 1.28 bits per heavy atom. The van der Waals surface area contributed by atoms with Gasteiger partial charge in [0.2, 0.25) is 0 Å². The zero-order chi connectivity index (χ0) is 13.3. The number of hydrogen-bond donors (Lipinski definition) is 1. The minimum atomic E-state index is -4.44. The average Bonchev–Trinajstić information content (AvgIpc) is 2.56. The molecule has 2 aromatic rings. The Labute approximate surface area is 101 Å². The van der Waals surface area contributed by atoms with Crippen molar-refractivity contribution in [3.63, 3.8) is 0 Å². The smallest absolute Gasteiger partial charge is 0.337 e. The maximum atomic E-state index is 12.5. The number of aryl methyl sites for hydroxylation is 2. The average molecular weight is 256 g/mol. The van der Waals surface area contributed by atoms with Crippen molar-refractivity contribution in [3.05, 3.63) is 35.8 Å². The van der Waals surface area contributed by atoms with Gasteiger partial charge in [-0.3, -0.25) is 4.68 Å². The largest absolute Gasteiger partial charge is 0.433 e. The number of nitrogens with zero attached hydrogens (tertiary/aromatic N) is 3. The molecule has 0 fully saturated rings. The van der Waals surface area contributed by atoms with E-state index in [9.17, 15) is 13.2 Å². The number of anilines is 2. The topological polar surface area (TPSA) is 42.7 Å². The number of hydrogen-bond acceptors (Lipinski definition) is 3. The van der Waals surface area contributed by atoms with Crippen LogP contribution >= 0.6 is 0 Å². The molecule has 0 unspecified atom stereocenters. The molecule has 4 nitrogen and oxygen atoms in total. The minimum Gasteiger partial charge on any atom is -0.337 e. The summed E-state index contributed by atoms with van der Waals surface area (Å²) in [7, 11) is 1.73. The normalized spacial score (nSPS) is 11.6. The second-order valence-corrected chi connectivity index (χ2v) is 3.83. The zero-order valence-electron chi connectivity index (χ0n) is 9.78. The zero-order valence-corrected chi connectivity index (χ0v) is 9.78. The van der Waals surface area contributed by atoms with Crippen molar-refractivity contribution >= 4 is 11.5 Å². The summed E-state index contributed by atoms with van der Waals surface area (Å²) < 4.78 is 39.0. The highest BCUT2D eigenvalue weighted by atomic mass is 19.4. The summed E-state index contributed by atoms with van der Waals surface area (Å²) >= 11 is 0. The Kier molecular flexibility index (Phi) is 2.98. The molecule has 7 heteroatoms. The van der Waals surface area contributed by atoms with Gasteiger partial charge in [0.1, 0.15) is 11.5 Å². The van der Waals surface area contributed by atoms with Gasteiger partial charge in [0.05, 0.1) is 11.4 Å². The summed E-state index contributed by atoms with van der Waals surface area (Å²) in [4.78, 5) is 3.52. The van der Waals surface area contributed by atoms with Gasteiger partial charge in [0.25, 0.3) is 0 Å². The molecule has 0 atom stereocenters. The predicted octanol–water partition coefficient (Wildman–Crippen LogP) is 2.89. The van der Waals surface area contributed by atoms with E-state index < -0.39 is 11.9 Å². The molecule has 2 heterocycles. The highest BCUT2D eigenvalue weighted by molar-refractivity contribution is 5.57. The first kappa shape index (κ1) is 12.4. The highest BCUT2D eigenvalue weighted by Gasteiger charge is 2.32. The van der Waals surface area contributed by atoms with Crippen LogP contribution in [0.1, 0.15) is 11.4 Å². The summed E-state index contributed by atoms with van der Waals surface area (Å²) in [6.07, 6.45) is -2.76. The Morgan fingerprint density at radius 3 is 2.56 bits per heavy atom. The van der Waals surface area contributed by atoms with Crippen LogP contribution in [0, 0.1) is 6.92 Å². The Balaban J connectivity index is 2.27. The second kappa shape index (κ2) is 4.32. The number of nitrogens with one attached hydrogen (secondary N) is 1. The highest BCUT2D eigenvalue weighted by Crippen LogP contribution is 2.28. The van der Waals surface area contributed by atoms with Gasteiger partial charge in [-0.15, -0.1) is 0 Å². The lowest BCUT2D eigenvalue weighted by Crippen LogP contribution is -2.08. The Hall–Kier alpha value is -2.05. The van der Waals surface area contributed by atoms with E-state index in [1.165, 1.54) is 12.1 Å². The summed E-state index contributed by atoms with van der Waals surface area (Å²) in [5.41, 5.74) is 0.398. The fraction of sp³-hybridized carbons (Fsp3) is 0.273. The number of halogens is 3. The van der Waals surface area contributed by atoms with Crippen LogP contribution in [0.25, 0.3) is 0 Å². The van der Waals surface area contributed by atoms with Crippen molar-refractivity contribution < 1.29 is 13.2 Å². The molecule has 1 N–H and O–H groups in total. The van der Waals surface area contributed by atoms with E-state index >= 15 is 0 Å². The quantitative estimate of drug-likeness (QED) is 0.898. The first-order chi connectivity index (χ1) is 8.36. The molecule has 0 bridgehead atoms. The maximum Gasteiger partial charge on any atom is 0.433 e. The SMILES string of the molecule is Cc1nn(C)cc1Nc1cccc(C(F)(F)F)n1. The van der Waals surface area contributed by atoms with Crippen LogP contribution in [0.15, 0.2) is 24.4 Å². The number of pyridine rings is 1. The molecule has 0 saturated heterocycles. The van der Waals surface area contributed by atoms with Crippen molar-refractivity contribution in [3.8, 4) is 0 Å². The first-order valence-corrected chi connectivity index (χ1v) is 5.18. The molecule has 0 aliphatic heterocycles. The van der Waals surface area contributed by atoms with E-state index in [1.54, 1.807) is 24.9 Å². The van der Waals surface area contributed by atoms with Gasteiger partial charge in [0.15, 0.2) is 0 Å². The third-order valence-electron chi connectivity index (χ3n) is 2.32. The van der Waals surface area contributed by atoms with Gasteiger partial charge < -0.3 is 5.32 Å². The van der Waals surface area contributed by atoms with Gasteiger partial charge in [0, 0.05) is 13.2 Å². The molecule has 0 radical (unpaired) electrons. The van der Waals surface area contributed by atoms with Crippen molar-refractivity contribution in [2.45, 2.75) is 13.1 Å². The molecular weight excluding hydrogens is 245 g/mol. The summed E-state index contributed by atoms with van der Waals surface area (Å²) in [6, 6.07) is 3.72. The van der Waals surface area contributed by atoms with Crippen molar-refractivity contribution in [1.82, 2.24) is 14.8 Å². The number of rotatable bonds is 2.